The smallest absolute Gasteiger partial charge is 0.243 e. The van der Waals surface area contributed by atoms with Gasteiger partial charge in [-0.1, -0.05) is 23.8 Å². The van der Waals surface area contributed by atoms with Crippen LogP contribution in [0.3, 0.4) is 0 Å². The Balaban J connectivity index is 2.38. The number of ether oxygens (including phenoxy) is 2. The lowest BCUT2D eigenvalue weighted by Gasteiger charge is -2.26. The molecule has 8 heteroatoms. The van der Waals surface area contributed by atoms with Crippen LogP contribution in [0.25, 0.3) is 0 Å². The summed E-state index contributed by atoms with van der Waals surface area (Å²) in [5, 5.41) is 0. The Bertz CT molecular complexity index is 837. The number of aryl methyl sites for hydroxylation is 1. The van der Waals surface area contributed by atoms with Gasteiger partial charge in [0, 0.05) is 20.8 Å². The Morgan fingerprint density at radius 3 is 2.15 bits per heavy atom. The quantitative estimate of drug-likeness (QED) is 0.656. The molecule has 0 spiro atoms. The molecule has 0 aromatic heterocycles. The van der Waals surface area contributed by atoms with Crippen LogP contribution in [0.2, 0.25) is 0 Å². The molecule has 0 unspecified atom stereocenters. The van der Waals surface area contributed by atoms with Gasteiger partial charge in [0.15, 0.2) is 17.9 Å². The van der Waals surface area contributed by atoms with Gasteiger partial charge in [-0.25, -0.2) is 17.2 Å². The van der Waals surface area contributed by atoms with Crippen molar-refractivity contribution in [2.75, 3.05) is 20.8 Å². The van der Waals surface area contributed by atoms with Crippen molar-refractivity contribution in [1.29, 1.82) is 0 Å². The summed E-state index contributed by atoms with van der Waals surface area (Å²) in [7, 11) is -1.11. The molecule has 0 atom stereocenters. The molecule has 142 valence electrons. The fourth-order valence-corrected chi connectivity index (χ4v) is 3.78. The number of nitrogens with zero attached hydrogens (tertiary/aromatic N) is 1. The molecule has 0 bridgehead atoms. The molecule has 0 N–H and O–H groups in total. The lowest BCUT2D eigenvalue weighted by molar-refractivity contribution is -0.108. The van der Waals surface area contributed by atoms with E-state index < -0.39 is 27.9 Å². The predicted octanol–water partition coefficient (Wildman–Crippen LogP) is 3.08. The molecular formula is C18H21F2NO4S. The average Bonchev–Trinajstić information content (AvgIpc) is 2.61. The van der Waals surface area contributed by atoms with Crippen LogP contribution in [0, 0.1) is 18.6 Å². The molecule has 26 heavy (non-hydrogen) atoms. The maximum Gasteiger partial charge on any atom is 0.243 e. The SMILES string of the molecule is COC(CN(Cc1ccc(F)c(F)c1)S(=O)(=O)c1ccc(C)cc1)OC. The Hall–Kier alpha value is -1.87. The van der Waals surface area contributed by atoms with Gasteiger partial charge in [0.2, 0.25) is 10.0 Å². The number of sulfonamides is 1. The zero-order chi connectivity index (χ0) is 19.3. The summed E-state index contributed by atoms with van der Waals surface area (Å²) in [4.78, 5) is 0.0941. The Labute approximate surface area is 152 Å². The fraction of sp³-hybridized carbons (Fsp3) is 0.333. The first-order chi connectivity index (χ1) is 12.3. The van der Waals surface area contributed by atoms with Gasteiger partial charge in [-0.3, -0.25) is 0 Å². The van der Waals surface area contributed by atoms with E-state index in [1.165, 1.54) is 32.4 Å². The van der Waals surface area contributed by atoms with Crippen molar-refractivity contribution in [2.24, 2.45) is 0 Å². The summed E-state index contributed by atoms with van der Waals surface area (Å²) >= 11 is 0. The molecule has 2 rings (SSSR count). The summed E-state index contributed by atoms with van der Waals surface area (Å²) in [5.41, 5.74) is 1.23. The maximum atomic E-state index is 13.5. The van der Waals surface area contributed by atoms with Crippen LogP contribution in [-0.4, -0.2) is 39.8 Å². The summed E-state index contributed by atoms with van der Waals surface area (Å²) in [6.45, 7) is 1.58. The predicted molar refractivity (Wildman–Crippen MR) is 92.9 cm³/mol. The fourth-order valence-electron chi connectivity index (χ4n) is 2.36. The number of rotatable bonds is 8. The highest BCUT2D eigenvalue weighted by Gasteiger charge is 2.27. The Morgan fingerprint density at radius 1 is 1.00 bits per heavy atom. The first kappa shape index (κ1) is 20.4. The lowest BCUT2D eigenvalue weighted by Crippen LogP contribution is -2.38. The normalized spacial score (nSPS) is 12.1. The second-order valence-electron chi connectivity index (χ2n) is 5.76. The minimum absolute atomic E-state index is 0.0941. The van der Waals surface area contributed by atoms with Crippen molar-refractivity contribution in [3.63, 3.8) is 0 Å². The van der Waals surface area contributed by atoms with Crippen molar-refractivity contribution in [3.8, 4) is 0 Å². The maximum absolute atomic E-state index is 13.5. The Morgan fingerprint density at radius 2 is 1.62 bits per heavy atom. The van der Waals surface area contributed by atoms with Gasteiger partial charge in [0.1, 0.15) is 0 Å². The molecule has 0 radical (unpaired) electrons. The van der Waals surface area contributed by atoms with Crippen LogP contribution in [0.15, 0.2) is 47.4 Å². The molecule has 5 nitrogen and oxygen atoms in total. The topological polar surface area (TPSA) is 55.8 Å². The lowest BCUT2D eigenvalue weighted by atomic mass is 10.2. The van der Waals surface area contributed by atoms with E-state index in [1.807, 2.05) is 6.92 Å². The molecule has 0 saturated heterocycles. The van der Waals surface area contributed by atoms with E-state index in [9.17, 15) is 17.2 Å². The highest BCUT2D eigenvalue weighted by molar-refractivity contribution is 7.89. The molecule has 2 aromatic rings. The minimum Gasteiger partial charge on any atom is -0.354 e. The summed E-state index contributed by atoms with van der Waals surface area (Å²) in [6, 6.07) is 9.65. The molecule has 0 aliphatic heterocycles. The van der Waals surface area contributed by atoms with Crippen molar-refractivity contribution in [3.05, 3.63) is 65.2 Å². The Kier molecular flexibility index (Phi) is 6.82. The molecule has 0 amide bonds. The summed E-state index contributed by atoms with van der Waals surface area (Å²) in [6.07, 6.45) is -0.805. The van der Waals surface area contributed by atoms with Crippen molar-refractivity contribution >= 4 is 10.0 Å². The van der Waals surface area contributed by atoms with E-state index in [4.69, 9.17) is 9.47 Å². The van der Waals surface area contributed by atoms with Crippen LogP contribution in [-0.2, 0) is 26.0 Å². The highest BCUT2D eigenvalue weighted by atomic mass is 32.2. The van der Waals surface area contributed by atoms with Crippen molar-refractivity contribution in [2.45, 2.75) is 24.7 Å². The van der Waals surface area contributed by atoms with E-state index in [0.29, 0.717) is 5.56 Å². The van der Waals surface area contributed by atoms with E-state index in [-0.39, 0.29) is 18.0 Å². The molecule has 2 aromatic carbocycles. The number of hydrogen-bond acceptors (Lipinski definition) is 4. The average molecular weight is 385 g/mol. The van der Waals surface area contributed by atoms with Crippen molar-refractivity contribution in [1.82, 2.24) is 4.31 Å². The van der Waals surface area contributed by atoms with Gasteiger partial charge in [-0.05, 0) is 36.8 Å². The minimum atomic E-state index is -3.90. The van der Waals surface area contributed by atoms with Crippen LogP contribution >= 0.6 is 0 Å². The van der Waals surface area contributed by atoms with Crippen LogP contribution < -0.4 is 0 Å². The van der Waals surface area contributed by atoms with Gasteiger partial charge >= 0.3 is 0 Å². The van der Waals surface area contributed by atoms with E-state index in [1.54, 1.807) is 12.1 Å². The third kappa shape index (κ3) is 4.85. The second kappa shape index (κ2) is 8.68. The number of halogens is 2. The van der Waals surface area contributed by atoms with Gasteiger partial charge in [0.05, 0.1) is 11.4 Å². The number of methoxy groups -OCH3 is 2. The van der Waals surface area contributed by atoms with E-state index in [0.717, 1.165) is 22.0 Å². The highest BCUT2D eigenvalue weighted by Crippen LogP contribution is 2.21. The van der Waals surface area contributed by atoms with Gasteiger partial charge < -0.3 is 9.47 Å². The first-order valence-electron chi connectivity index (χ1n) is 7.84. The van der Waals surface area contributed by atoms with Gasteiger partial charge in [0.25, 0.3) is 0 Å². The van der Waals surface area contributed by atoms with Crippen molar-refractivity contribution < 1.29 is 26.7 Å². The van der Waals surface area contributed by atoms with E-state index >= 15 is 0 Å². The summed E-state index contributed by atoms with van der Waals surface area (Å²) in [5.74, 6) is -2.03. The van der Waals surface area contributed by atoms with Crippen LogP contribution in [0.1, 0.15) is 11.1 Å². The molecular weight excluding hydrogens is 364 g/mol. The number of hydrogen-bond donors (Lipinski definition) is 0. The molecule has 0 fully saturated rings. The summed E-state index contributed by atoms with van der Waals surface area (Å²) < 4.78 is 64.0. The van der Waals surface area contributed by atoms with Crippen LogP contribution in [0.4, 0.5) is 8.78 Å². The third-order valence-corrected chi connectivity index (χ3v) is 5.71. The first-order valence-corrected chi connectivity index (χ1v) is 9.28. The van der Waals surface area contributed by atoms with E-state index in [2.05, 4.69) is 0 Å². The molecule has 0 aliphatic rings. The van der Waals surface area contributed by atoms with Crippen LogP contribution in [0.5, 0.6) is 0 Å². The zero-order valence-corrected chi connectivity index (χ0v) is 15.6. The standard InChI is InChI=1S/C18H21F2NO4S/c1-13-4-7-15(8-5-13)26(22,23)21(12-18(24-2)25-3)11-14-6-9-16(19)17(20)10-14/h4-10,18H,11-12H2,1-3H3. The monoisotopic (exact) mass is 385 g/mol. The zero-order valence-electron chi connectivity index (χ0n) is 14.8. The largest absolute Gasteiger partial charge is 0.354 e. The van der Waals surface area contributed by atoms with Gasteiger partial charge in [-0.2, -0.15) is 4.31 Å². The molecule has 0 saturated carbocycles. The van der Waals surface area contributed by atoms with Gasteiger partial charge in [-0.15, -0.1) is 0 Å². The second-order valence-corrected chi connectivity index (χ2v) is 7.70. The number of benzene rings is 2. The third-order valence-electron chi connectivity index (χ3n) is 3.88. The molecule has 0 heterocycles. The molecule has 0 aliphatic carbocycles.